The Morgan fingerprint density at radius 3 is 1.76 bits per heavy atom. The van der Waals surface area contributed by atoms with E-state index in [0.717, 1.165) is 112 Å². The van der Waals surface area contributed by atoms with E-state index in [2.05, 4.69) is 79.5 Å². The molecule has 0 radical (unpaired) electrons. The first-order valence-electron chi connectivity index (χ1n) is 25.3. The van der Waals surface area contributed by atoms with Gasteiger partial charge in [0.2, 0.25) is 11.8 Å². The zero-order valence-corrected chi connectivity index (χ0v) is 42.4. The Kier molecular flexibility index (Phi) is 10.9. The van der Waals surface area contributed by atoms with Crippen molar-refractivity contribution in [3.8, 4) is 34.8 Å². The third-order valence-corrected chi connectivity index (χ3v) is 15.6. The van der Waals surface area contributed by atoms with Gasteiger partial charge in [-0.1, -0.05) is 0 Å². The summed E-state index contributed by atoms with van der Waals surface area (Å²) in [6.07, 6.45) is 11.5. The summed E-state index contributed by atoms with van der Waals surface area (Å²) in [5, 5.41) is 17.4. The maximum atomic E-state index is 6.37. The molecule has 0 unspecified atom stereocenters. The molecule has 4 aliphatic rings. The third-order valence-electron chi connectivity index (χ3n) is 15.6. The van der Waals surface area contributed by atoms with Crippen LogP contribution >= 0.6 is 0 Å². The number of fused-ring (bicyclic) bond motifs is 6. The number of rotatable bonds is 14. The largest absolute Gasteiger partial charge is 0.495 e. The molecular weight excluding hydrogens is 965 g/mol. The average molecular weight is 1020 g/mol. The van der Waals surface area contributed by atoms with Crippen molar-refractivity contribution in [2.75, 3.05) is 67.9 Å². The van der Waals surface area contributed by atoms with Crippen LogP contribution in [0.25, 0.3) is 33.1 Å². The lowest BCUT2D eigenvalue weighted by Crippen LogP contribution is -2.62. The summed E-state index contributed by atoms with van der Waals surface area (Å²) in [7, 11) is 5.72. The molecule has 0 amide bonds. The van der Waals surface area contributed by atoms with Crippen molar-refractivity contribution in [1.29, 1.82) is 0 Å². The Morgan fingerprint density at radius 1 is 0.553 bits per heavy atom. The minimum atomic E-state index is 0.227. The lowest BCUT2D eigenvalue weighted by Gasteiger charge is -2.49. The molecule has 0 saturated carbocycles. The maximum absolute atomic E-state index is 6.37. The normalized spacial score (nSPS) is 19.2. The molecule has 4 saturated heterocycles. The first-order chi connectivity index (χ1) is 37.2. The van der Waals surface area contributed by atoms with Gasteiger partial charge in [-0.3, -0.25) is 9.80 Å². The number of nitrogens with zero attached hydrogens (tertiary/aromatic N) is 16. The Hall–Kier alpha value is -9.02. The number of hydrogen-bond donors (Lipinski definition) is 2. The van der Waals surface area contributed by atoms with Gasteiger partial charge >= 0.3 is 0 Å². The molecule has 4 fully saturated rings. The van der Waals surface area contributed by atoms with E-state index >= 15 is 0 Å². The summed E-state index contributed by atoms with van der Waals surface area (Å²) < 4.78 is 28.1. The predicted octanol–water partition coefficient (Wildman–Crippen LogP) is 7.51. The van der Waals surface area contributed by atoms with Gasteiger partial charge in [0, 0.05) is 80.4 Å². The van der Waals surface area contributed by atoms with E-state index in [4.69, 9.17) is 38.9 Å². The molecule has 4 aliphatic heterocycles. The zero-order chi connectivity index (χ0) is 51.2. The average Bonchev–Trinajstić information content (AvgIpc) is 4.36. The van der Waals surface area contributed by atoms with E-state index < -0.39 is 0 Å². The molecule has 2 N–H and O–H groups in total. The minimum Gasteiger partial charge on any atom is -0.495 e. The zero-order valence-electron chi connectivity index (χ0n) is 42.4. The van der Waals surface area contributed by atoms with E-state index in [-0.39, 0.29) is 12.1 Å². The van der Waals surface area contributed by atoms with Crippen LogP contribution in [0.5, 0.6) is 34.8 Å². The number of aryl methyl sites for hydroxylation is 2. The summed E-state index contributed by atoms with van der Waals surface area (Å²) in [6, 6.07) is 23.0. The highest BCUT2D eigenvalue weighted by atomic mass is 16.5. The van der Waals surface area contributed by atoms with E-state index in [1.165, 1.54) is 12.7 Å². The fourth-order valence-corrected chi connectivity index (χ4v) is 11.7. The van der Waals surface area contributed by atoms with Crippen LogP contribution in [0.2, 0.25) is 0 Å². The van der Waals surface area contributed by atoms with E-state index in [0.29, 0.717) is 64.8 Å². The molecule has 0 bridgehead atoms. The van der Waals surface area contributed by atoms with Crippen LogP contribution in [0.4, 0.5) is 34.4 Å². The fraction of sp³-hybridized carbons (Fsp3) is 0.296. The summed E-state index contributed by atoms with van der Waals surface area (Å²) in [5.74, 6) is 5.20. The molecule has 0 spiro atoms. The van der Waals surface area contributed by atoms with Gasteiger partial charge in [-0.15, -0.1) is 0 Å². The summed E-state index contributed by atoms with van der Waals surface area (Å²) in [4.78, 5) is 46.9. The lowest BCUT2D eigenvalue weighted by atomic mass is 9.93. The molecule has 10 aromatic rings. The van der Waals surface area contributed by atoms with Crippen LogP contribution in [0.15, 0.2) is 105 Å². The number of nitrogens with one attached hydrogen (secondary N) is 2. The number of aromatic nitrogens is 12. The van der Waals surface area contributed by atoms with Crippen molar-refractivity contribution >= 4 is 67.5 Å². The van der Waals surface area contributed by atoms with E-state index in [1.54, 1.807) is 60.7 Å². The van der Waals surface area contributed by atoms with Crippen molar-refractivity contribution < 1.29 is 18.9 Å². The number of methoxy groups -OCH3 is 2. The second-order valence-electron chi connectivity index (χ2n) is 19.9. The Balaban J connectivity index is 0.748. The van der Waals surface area contributed by atoms with Crippen molar-refractivity contribution in [3.05, 3.63) is 121 Å². The summed E-state index contributed by atoms with van der Waals surface area (Å²) in [5.41, 5.74) is 9.65. The van der Waals surface area contributed by atoms with Gasteiger partial charge in [0.15, 0.2) is 11.3 Å². The third kappa shape index (κ3) is 7.69. The summed E-state index contributed by atoms with van der Waals surface area (Å²) >= 11 is 0. The van der Waals surface area contributed by atoms with Gasteiger partial charge in [0.1, 0.15) is 72.6 Å². The lowest BCUT2D eigenvalue weighted by molar-refractivity contribution is 0.195. The highest BCUT2D eigenvalue weighted by Gasteiger charge is 2.50. The topological polar surface area (TPSA) is 212 Å². The molecule has 4 atom stereocenters. The molecule has 4 aromatic carbocycles. The van der Waals surface area contributed by atoms with E-state index in [1.807, 2.05) is 56.3 Å². The number of ether oxygens (including phenoxy) is 4. The van der Waals surface area contributed by atoms with Crippen LogP contribution in [0.1, 0.15) is 29.5 Å². The molecular formula is C54H52N18O4. The van der Waals surface area contributed by atoms with Gasteiger partial charge in [0.05, 0.1) is 47.4 Å². The monoisotopic (exact) mass is 1020 g/mol. The second-order valence-corrected chi connectivity index (χ2v) is 19.9. The Morgan fingerprint density at radius 2 is 1.13 bits per heavy atom. The Labute approximate surface area is 435 Å². The highest BCUT2D eigenvalue weighted by Crippen LogP contribution is 2.50. The number of benzene rings is 4. The van der Waals surface area contributed by atoms with Gasteiger partial charge in [-0.2, -0.15) is 10.2 Å². The first-order valence-corrected chi connectivity index (χ1v) is 25.3. The molecule has 76 heavy (non-hydrogen) atoms. The quantitative estimate of drug-likeness (QED) is 0.108. The van der Waals surface area contributed by atoms with E-state index in [9.17, 15) is 0 Å². The second kappa shape index (κ2) is 18.1. The van der Waals surface area contributed by atoms with Crippen LogP contribution in [0, 0.1) is 13.8 Å². The van der Waals surface area contributed by atoms with Crippen molar-refractivity contribution in [2.45, 2.75) is 57.4 Å². The number of likely N-dealkylation sites (N-methyl/N-ethyl adjacent to an activating group) is 1. The first kappa shape index (κ1) is 45.6. The van der Waals surface area contributed by atoms with Gasteiger partial charge in [-0.25, -0.2) is 48.9 Å². The van der Waals surface area contributed by atoms with Crippen LogP contribution < -0.4 is 39.4 Å². The SMILES string of the molecule is COc1ccc2ncnc(Nc3ccc(Oc4cc5ncnn5cn4)c(C)c3)c2c1N1C[C@@H]2[C@H]1CCN2Cc1cc(OC)c(N2C[C@H]3[C@@H]2CCN3C)c2c(Nc3ccc(Oc4cc5ncnn5cn4)c(C)c3)ncnc12. The maximum Gasteiger partial charge on any atom is 0.224 e. The van der Waals surface area contributed by atoms with Crippen LogP contribution in [-0.4, -0.2) is 141 Å². The van der Waals surface area contributed by atoms with Gasteiger partial charge in [0.25, 0.3) is 0 Å². The van der Waals surface area contributed by atoms with Crippen LogP contribution in [0.3, 0.4) is 0 Å². The summed E-state index contributed by atoms with van der Waals surface area (Å²) in [6.45, 7) is 8.34. The molecule has 22 nitrogen and oxygen atoms in total. The molecule has 14 rings (SSSR count). The van der Waals surface area contributed by atoms with Crippen LogP contribution in [-0.2, 0) is 6.54 Å². The van der Waals surface area contributed by atoms with Gasteiger partial charge in [-0.05, 0) is 105 Å². The molecule has 6 aromatic heterocycles. The highest BCUT2D eigenvalue weighted by molar-refractivity contribution is 6.06. The number of hydrogen-bond acceptors (Lipinski definition) is 20. The number of likely N-dealkylation sites (tertiary alicyclic amines) is 2. The van der Waals surface area contributed by atoms with Crippen molar-refractivity contribution in [3.63, 3.8) is 0 Å². The molecule has 22 heteroatoms. The number of anilines is 6. The predicted molar refractivity (Wildman–Crippen MR) is 285 cm³/mol. The molecule has 0 aliphatic carbocycles. The molecule has 382 valence electrons. The Bertz CT molecular complexity index is 3910. The van der Waals surface area contributed by atoms with Gasteiger partial charge < -0.3 is 39.4 Å². The van der Waals surface area contributed by atoms with Crippen molar-refractivity contribution in [1.82, 2.24) is 68.9 Å². The minimum absolute atomic E-state index is 0.227. The standard InChI is InChI=1S/C54H52N18O4/c1-30-16-33(6-9-40(30)75-46-19-44-56-26-63-71(44)28-61-46)65-53-48-35(55-24-59-53)8-11-42(73-4)51(48)70-23-39-37(70)13-15-68(39)21-32-18-43(74-5)52(69-22-38-36(69)12-14-67(38)3)49-50(32)58-25-60-54(49)66-34-7-10-41(31(2)17-34)76-47-20-45-57-27-64-72(45)29-62-47/h6-11,16-20,24-29,36-39H,12-15,21-23H2,1-5H3,(H,55,59,65)(H,58,60,66)/t36-,37+,38-,39+/m0/s1. The molecule has 10 heterocycles. The van der Waals surface area contributed by atoms with Crippen molar-refractivity contribution in [2.24, 2.45) is 0 Å². The fourth-order valence-electron chi connectivity index (χ4n) is 11.7. The smallest absolute Gasteiger partial charge is 0.224 e.